The third-order valence-corrected chi connectivity index (χ3v) is 3.24. The van der Waals surface area contributed by atoms with Crippen molar-refractivity contribution in [1.29, 1.82) is 0 Å². The average molecular weight is 305 g/mol. The molecule has 0 aliphatic carbocycles. The molecule has 1 atom stereocenters. The molecule has 0 aliphatic rings. The highest BCUT2D eigenvalue weighted by atomic mass is 16.2. The Morgan fingerprint density at radius 1 is 1.32 bits per heavy atom. The van der Waals surface area contributed by atoms with E-state index in [1.807, 2.05) is 40.5 Å². The van der Waals surface area contributed by atoms with Crippen molar-refractivity contribution < 1.29 is 4.79 Å². The summed E-state index contributed by atoms with van der Waals surface area (Å²) >= 11 is 0. The summed E-state index contributed by atoms with van der Waals surface area (Å²) < 4.78 is 3.51. The molecule has 22 heavy (non-hydrogen) atoms. The number of carbonyl (C=O) groups is 1. The van der Waals surface area contributed by atoms with E-state index in [-0.39, 0.29) is 12.1 Å². The number of hydrogen-bond donors (Lipinski definition) is 2. The van der Waals surface area contributed by atoms with Crippen molar-refractivity contribution in [3.8, 4) is 0 Å². The highest BCUT2D eigenvalue weighted by Gasteiger charge is 2.11. The van der Waals surface area contributed by atoms with E-state index in [9.17, 15) is 4.79 Å². The van der Waals surface area contributed by atoms with Crippen molar-refractivity contribution in [2.24, 2.45) is 7.05 Å². The van der Waals surface area contributed by atoms with Gasteiger partial charge in [-0.05, 0) is 21.0 Å². The van der Waals surface area contributed by atoms with E-state index in [4.69, 9.17) is 0 Å². The van der Waals surface area contributed by atoms with Crippen molar-refractivity contribution in [1.82, 2.24) is 29.8 Å². The summed E-state index contributed by atoms with van der Waals surface area (Å²) in [6.45, 7) is 3.59. The predicted molar refractivity (Wildman–Crippen MR) is 84.6 cm³/mol. The van der Waals surface area contributed by atoms with Crippen LogP contribution in [0.2, 0.25) is 0 Å². The van der Waals surface area contributed by atoms with Crippen LogP contribution in [0.1, 0.15) is 18.5 Å². The van der Waals surface area contributed by atoms with Gasteiger partial charge in [-0.15, -0.1) is 0 Å². The van der Waals surface area contributed by atoms with Gasteiger partial charge in [0.25, 0.3) is 0 Å². The molecule has 0 saturated heterocycles. The number of anilines is 1. The normalized spacial score (nSPS) is 12.4. The van der Waals surface area contributed by atoms with Gasteiger partial charge in [0.1, 0.15) is 0 Å². The lowest BCUT2D eigenvalue weighted by Gasteiger charge is -2.12. The van der Waals surface area contributed by atoms with Crippen LogP contribution in [0, 0.1) is 0 Å². The molecular formula is C14H23N7O. The molecule has 2 aromatic heterocycles. The molecule has 0 radical (unpaired) electrons. The monoisotopic (exact) mass is 305 g/mol. The van der Waals surface area contributed by atoms with Crippen LogP contribution in [0.3, 0.4) is 0 Å². The van der Waals surface area contributed by atoms with Crippen LogP contribution in [0.25, 0.3) is 0 Å². The smallest absolute Gasteiger partial charge is 0.319 e. The van der Waals surface area contributed by atoms with Gasteiger partial charge in [-0.2, -0.15) is 10.2 Å². The van der Waals surface area contributed by atoms with Gasteiger partial charge >= 0.3 is 6.03 Å². The lowest BCUT2D eigenvalue weighted by atomic mass is 10.2. The lowest BCUT2D eigenvalue weighted by Crippen LogP contribution is -2.30. The zero-order chi connectivity index (χ0) is 16.1. The molecule has 0 aromatic carbocycles. The molecule has 120 valence electrons. The van der Waals surface area contributed by atoms with Crippen molar-refractivity contribution in [3.63, 3.8) is 0 Å². The Balaban J connectivity index is 1.84. The Bertz CT molecular complexity index is 616. The molecule has 8 nitrogen and oxygen atoms in total. The summed E-state index contributed by atoms with van der Waals surface area (Å²) in [6.07, 6.45) is 7.08. The Labute approximate surface area is 130 Å². The summed E-state index contributed by atoms with van der Waals surface area (Å²) in [5.41, 5.74) is 1.63. The van der Waals surface area contributed by atoms with Gasteiger partial charge in [0.05, 0.1) is 30.7 Å². The maximum atomic E-state index is 12.0. The molecule has 8 heteroatoms. The largest absolute Gasteiger partial charge is 0.331 e. The van der Waals surface area contributed by atoms with Crippen LogP contribution in [0.4, 0.5) is 10.5 Å². The fourth-order valence-electron chi connectivity index (χ4n) is 1.96. The molecule has 2 heterocycles. The van der Waals surface area contributed by atoms with E-state index in [0.717, 1.165) is 18.7 Å². The van der Waals surface area contributed by atoms with E-state index >= 15 is 0 Å². The quantitative estimate of drug-likeness (QED) is 0.836. The van der Waals surface area contributed by atoms with Crippen LogP contribution in [0.15, 0.2) is 24.8 Å². The Morgan fingerprint density at radius 2 is 2.09 bits per heavy atom. The summed E-state index contributed by atoms with van der Waals surface area (Å²) in [5.74, 6) is 0. The van der Waals surface area contributed by atoms with Crippen LogP contribution in [0.5, 0.6) is 0 Å². The van der Waals surface area contributed by atoms with E-state index in [0.29, 0.717) is 5.69 Å². The van der Waals surface area contributed by atoms with Crippen LogP contribution in [-0.2, 0) is 13.6 Å². The Kier molecular flexibility index (Phi) is 5.16. The van der Waals surface area contributed by atoms with Crippen LogP contribution < -0.4 is 10.6 Å². The highest BCUT2D eigenvalue weighted by molar-refractivity contribution is 5.89. The molecule has 2 N–H and O–H groups in total. The average Bonchev–Trinajstić information content (AvgIpc) is 3.05. The van der Waals surface area contributed by atoms with E-state index in [2.05, 4.69) is 25.7 Å². The number of nitrogens with one attached hydrogen (secondary N) is 2. The van der Waals surface area contributed by atoms with Crippen molar-refractivity contribution in [3.05, 3.63) is 30.4 Å². The number of likely N-dealkylation sites (N-methyl/N-ethyl adjacent to an activating group) is 1. The minimum absolute atomic E-state index is 0.113. The fourth-order valence-corrected chi connectivity index (χ4v) is 1.96. The molecule has 0 saturated carbocycles. The second kappa shape index (κ2) is 7.08. The van der Waals surface area contributed by atoms with Crippen molar-refractivity contribution in [2.45, 2.75) is 19.5 Å². The topological polar surface area (TPSA) is 80.0 Å². The zero-order valence-corrected chi connectivity index (χ0v) is 13.4. The van der Waals surface area contributed by atoms with Gasteiger partial charge in [0.15, 0.2) is 0 Å². The summed E-state index contributed by atoms with van der Waals surface area (Å²) in [6, 6.07) is -0.374. The van der Waals surface area contributed by atoms with Crippen LogP contribution >= 0.6 is 0 Å². The first-order valence-electron chi connectivity index (χ1n) is 7.17. The minimum atomic E-state index is -0.261. The number of aromatic nitrogens is 4. The first-order valence-corrected chi connectivity index (χ1v) is 7.17. The maximum Gasteiger partial charge on any atom is 0.319 e. The van der Waals surface area contributed by atoms with Crippen LogP contribution in [-0.4, -0.2) is 51.1 Å². The number of hydrogen-bond acceptors (Lipinski definition) is 4. The molecule has 0 fully saturated rings. The Hall–Kier alpha value is -2.35. The SMILES string of the molecule is CC(NC(=O)Nc1cnn(CCN(C)C)c1)c1cnn(C)c1. The van der Waals surface area contributed by atoms with Crippen molar-refractivity contribution in [2.75, 3.05) is 26.0 Å². The van der Waals surface area contributed by atoms with Gasteiger partial charge in [-0.3, -0.25) is 9.36 Å². The van der Waals surface area contributed by atoms with Gasteiger partial charge < -0.3 is 15.5 Å². The number of nitrogens with zero attached hydrogens (tertiary/aromatic N) is 5. The number of aryl methyl sites for hydroxylation is 1. The third kappa shape index (κ3) is 4.59. The predicted octanol–water partition coefficient (Wildman–Crippen LogP) is 1.06. The molecule has 2 rings (SSSR count). The molecule has 2 aromatic rings. The van der Waals surface area contributed by atoms with E-state index in [1.165, 1.54) is 0 Å². The second-order valence-electron chi connectivity index (χ2n) is 5.56. The van der Waals surface area contributed by atoms with Gasteiger partial charge in [0.2, 0.25) is 0 Å². The Morgan fingerprint density at radius 3 is 2.73 bits per heavy atom. The molecule has 2 amide bonds. The lowest BCUT2D eigenvalue weighted by molar-refractivity contribution is 0.249. The number of amides is 2. The number of rotatable bonds is 6. The number of carbonyl (C=O) groups excluding carboxylic acids is 1. The minimum Gasteiger partial charge on any atom is -0.331 e. The summed E-state index contributed by atoms with van der Waals surface area (Å²) in [4.78, 5) is 14.1. The molecule has 0 aliphatic heterocycles. The molecular weight excluding hydrogens is 282 g/mol. The van der Waals surface area contributed by atoms with Crippen molar-refractivity contribution >= 4 is 11.7 Å². The van der Waals surface area contributed by atoms with E-state index in [1.54, 1.807) is 21.8 Å². The summed E-state index contributed by atoms with van der Waals surface area (Å²) in [5, 5.41) is 14.0. The standard InChI is InChI=1S/C14H23N7O/c1-11(12-7-15-20(4)9-12)17-14(22)18-13-8-16-21(10-13)6-5-19(2)3/h7-11H,5-6H2,1-4H3,(H2,17,18,22). The number of urea groups is 1. The molecule has 0 spiro atoms. The highest BCUT2D eigenvalue weighted by Crippen LogP contribution is 2.11. The summed E-state index contributed by atoms with van der Waals surface area (Å²) in [7, 11) is 5.87. The first-order chi connectivity index (χ1) is 10.4. The fraction of sp³-hybridized carbons (Fsp3) is 0.500. The van der Waals surface area contributed by atoms with Gasteiger partial charge in [-0.25, -0.2) is 4.79 Å². The first kappa shape index (κ1) is 16.0. The zero-order valence-electron chi connectivity index (χ0n) is 13.4. The second-order valence-corrected chi connectivity index (χ2v) is 5.56. The molecule has 0 bridgehead atoms. The third-order valence-electron chi connectivity index (χ3n) is 3.24. The van der Waals surface area contributed by atoms with Gasteiger partial charge in [0, 0.05) is 31.5 Å². The van der Waals surface area contributed by atoms with Gasteiger partial charge in [-0.1, -0.05) is 0 Å². The van der Waals surface area contributed by atoms with E-state index < -0.39 is 0 Å². The molecule has 1 unspecified atom stereocenters. The maximum absolute atomic E-state index is 12.0.